The van der Waals surface area contributed by atoms with Gasteiger partial charge in [0, 0.05) is 43.9 Å². The molecule has 1 aromatic carbocycles. The summed E-state index contributed by atoms with van der Waals surface area (Å²) in [4.78, 5) is 23.2. The number of aromatic nitrogens is 4. The second-order valence-corrected chi connectivity index (χ2v) is 7.72. The molecule has 0 spiro atoms. The molecule has 4 heterocycles. The monoisotopic (exact) mass is 433 g/mol. The van der Waals surface area contributed by atoms with Crippen LogP contribution in [0.4, 0.5) is 0 Å². The highest BCUT2D eigenvalue weighted by Crippen LogP contribution is 2.26. The van der Waals surface area contributed by atoms with E-state index in [-0.39, 0.29) is 5.91 Å². The molecule has 1 aliphatic heterocycles. The first-order valence-corrected chi connectivity index (χ1v) is 9.79. The number of benzene rings is 1. The Kier molecular flexibility index (Phi) is 4.16. The van der Waals surface area contributed by atoms with Gasteiger partial charge >= 0.3 is 0 Å². The van der Waals surface area contributed by atoms with E-state index < -0.39 is 0 Å². The van der Waals surface area contributed by atoms with Crippen LogP contribution in [0.2, 0.25) is 0 Å². The smallest absolute Gasteiger partial charge is 0.274 e. The van der Waals surface area contributed by atoms with Gasteiger partial charge in [0.2, 0.25) is 0 Å². The highest BCUT2D eigenvalue weighted by atomic mass is 79.9. The van der Waals surface area contributed by atoms with Gasteiger partial charge in [-0.3, -0.25) is 9.78 Å². The average molecular weight is 434 g/mol. The van der Waals surface area contributed by atoms with E-state index in [9.17, 15) is 4.79 Å². The fraction of sp³-hybridized carbons (Fsp3) is 0.143. The molecule has 28 heavy (non-hydrogen) atoms. The number of carbonyl (C=O) groups excluding carboxylic acids is 1. The Morgan fingerprint density at radius 2 is 1.89 bits per heavy atom. The van der Waals surface area contributed by atoms with Crippen LogP contribution in [-0.2, 0) is 13.0 Å². The van der Waals surface area contributed by atoms with Crippen molar-refractivity contribution in [3.8, 4) is 11.1 Å². The van der Waals surface area contributed by atoms with Crippen molar-refractivity contribution in [1.82, 2.24) is 24.5 Å². The van der Waals surface area contributed by atoms with E-state index in [0.717, 1.165) is 16.5 Å². The summed E-state index contributed by atoms with van der Waals surface area (Å²) in [6, 6.07) is 12.2. The minimum absolute atomic E-state index is 0.0644. The third kappa shape index (κ3) is 3.07. The van der Waals surface area contributed by atoms with Crippen LogP contribution in [0.3, 0.4) is 0 Å². The largest absolute Gasteiger partial charge is 0.333 e. The molecule has 0 unspecified atom stereocenters. The number of nitrogens with zero attached hydrogens (tertiary/aromatic N) is 5. The Labute approximate surface area is 170 Å². The van der Waals surface area contributed by atoms with Crippen molar-refractivity contribution in [2.24, 2.45) is 0 Å². The lowest BCUT2D eigenvalue weighted by Crippen LogP contribution is -2.36. The number of carbonyl (C=O) groups is 1. The van der Waals surface area contributed by atoms with E-state index >= 15 is 0 Å². The lowest BCUT2D eigenvalue weighted by atomic mass is 9.95. The molecular formula is C21H16BrN5O. The molecule has 1 amide bonds. The second kappa shape index (κ2) is 6.83. The van der Waals surface area contributed by atoms with E-state index in [0.29, 0.717) is 24.4 Å². The summed E-state index contributed by atoms with van der Waals surface area (Å²) in [6.45, 7) is 1.27. The molecule has 0 saturated heterocycles. The van der Waals surface area contributed by atoms with Crippen LogP contribution in [0.15, 0.2) is 65.7 Å². The molecule has 0 radical (unpaired) electrons. The van der Waals surface area contributed by atoms with E-state index in [1.54, 1.807) is 35.4 Å². The van der Waals surface area contributed by atoms with Crippen LogP contribution in [0.25, 0.3) is 16.8 Å². The first-order chi connectivity index (χ1) is 13.7. The molecule has 0 saturated carbocycles. The van der Waals surface area contributed by atoms with Gasteiger partial charge in [-0.1, -0.05) is 18.2 Å². The zero-order valence-electron chi connectivity index (χ0n) is 14.9. The third-order valence-electron chi connectivity index (χ3n) is 5.02. The lowest BCUT2D eigenvalue weighted by molar-refractivity contribution is 0.0728. The van der Waals surface area contributed by atoms with Gasteiger partial charge < -0.3 is 4.90 Å². The molecule has 3 aromatic heterocycles. The number of hydrogen-bond donors (Lipinski definition) is 0. The summed E-state index contributed by atoms with van der Waals surface area (Å²) in [6.07, 6.45) is 7.93. The summed E-state index contributed by atoms with van der Waals surface area (Å²) in [5, 5.41) is 4.39. The van der Waals surface area contributed by atoms with Gasteiger partial charge in [0.15, 0.2) is 11.3 Å². The van der Waals surface area contributed by atoms with Crippen LogP contribution >= 0.6 is 15.9 Å². The predicted molar refractivity (Wildman–Crippen MR) is 109 cm³/mol. The normalized spacial score (nSPS) is 13.5. The zero-order valence-corrected chi connectivity index (χ0v) is 16.5. The van der Waals surface area contributed by atoms with Gasteiger partial charge in [-0.2, -0.15) is 5.10 Å². The number of rotatable bonds is 2. The summed E-state index contributed by atoms with van der Waals surface area (Å²) in [5.41, 5.74) is 5.88. The van der Waals surface area contributed by atoms with Crippen molar-refractivity contribution in [2.45, 2.75) is 13.0 Å². The Morgan fingerprint density at radius 3 is 2.75 bits per heavy atom. The first kappa shape index (κ1) is 17.1. The van der Waals surface area contributed by atoms with Gasteiger partial charge in [0.05, 0.1) is 4.47 Å². The molecule has 138 valence electrons. The number of amides is 1. The van der Waals surface area contributed by atoms with Crippen molar-refractivity contribution < 1.29 is 4.79 Å². The fourth-order valence-corrected chi connectivity index (χ4v) is 3.87. The molecule has 0 aliphatic carbocycles. The van der Waals surface area contributed by atoms with Crippen LogP contribution in [-0.4, -0.2) is 36.9 Å². The van der Waals surface area contributed by atoms with Crippen LogP contribution in [0.1, 0.15) is 21.6 Å². The van der Waals surface area contributed by atoms with Gasteiger partial charge in [-0.15, -0.1) is 0 Å². The van der Waals surface area contributed by atoms with Crippen molar-refractivity contribution in [3.05, 3.63) is 82.5 Å². The van der Waals surface area contributed by atoms with Crippen molar-refractivity contribution >= 4 is 27.5 Å². The standard InChI is InChI=1S/C21H16BrN5O/c22-18-11-24-20-10-19(25-27(20)13-18)21(28)26-8-5-16-9-15(1-2-17(16)12-26)14-3-6-23-7-4-14/h1-4,6-7,9-11,13H,5,8,12H2. The van der Waals surface area contributed by atoms with Crippen LogP contribution < -0.4 is 0 Å². The summed E-state index contributed by atoms with van der Waals surface area (Å²) < 4.78 is 2.44. The van der Waals surface area contributed by atoms with E-state index in [1.807, 2.05) is 17.0 Å². The number of pyridine rings is 1. The highest BCUT2D eigenvalue weighted by molar-refractivity contribution is 9.10. The lowest BCUT2D eigenvalue weighted by Gasteiger charge is -2.28. The van der Waals surface area contributed by atoms with Crippen molar-refractivity contribution in [1.29, 1.82) is 0 Å². The molecule has 5 rings (SSSR count). The Hall–Kier alpha value is -3.06. The zero-order chi connectivity index (χ0) is 19.1. The van der Waals surface area contributed by atoms with Gasteiger partial charge in [0.1, 0.15) is 0 Å². The van der Waals surface area contributed by atoms with Crippen LogP contribution in [0, 0.1) is 0 Å². The second-order valence-electron chi connectivity index (χ2n) is 6.80. The van der Waals surface area contributed by atoms with Crippen molar-refractivity contribution in [3.63, 3.8) is 0 Å². The highest BCUT2D eigenvalue weighted by Gasteiger charge is 2.24. The third-order valence-corrected chi connectivity index (χ3v) is 5.43. The molecule has 1 aliphatic rings. The predicted octanol–water partition coefficient (Wildman–Crippen LogP) is 3.75. The van der Waals surface area contributed by atoms with E-state index in [4.69, 9.17) is 0 Å². The molecule has 0 bridgehead atoms. The summed E-state index contributed by atoms with van der Waals surface area (Å²) in [5.74, 6) is -0.0644. The maximum Gasteiger partial charge on any atom is 0.274 e. The minimum atomic E-state index is -0.0644. The maximum absolute atomic E-state index is 13.0. The summed E-state index contributed by atoms with van der Waals surface area (Å²) >= 11 is 3.37. The number of halogens is 1. The number of fused-ring (bicyclic) bond motifs is 2. The molecule has 0 N–H and O–H groups in total. The van der Waals surface area contributed by atoms with Crippen molar-refractivity contribution in [2.75, 3.05) is 6.54 Å². The first-order valence-electron chi connectivity index (χ1n) is 9.00. The topological polar surface area (TPSA) is 63.4 Å². The van der Waals surface area contributed by atoms with Gasteiger partial charge in [-0.05, 0) is 56.7 Å². The summed E-state index contributed by atoms with van der Waals surface area (Å²) in [7, 11) is 0. The molecule has 6 nitrogen and oxygen atoms in total. The quantitative estimate of drug-likeness (QED) is 0.482. The molecule has 0 fully saturated rings. The van der Waals surface area contributed by atoms with Gasteiger partial charge in [0.25, 0.3) is 5.91 Å². The molecule has 0 atom stereocenters. The maximum atomic E-state index is 13.0. The van der Waals surface area contributed by atoms with Gasteiger partial charge in [-0.25, -0.2) is 9.50 Å². The SMILES string of the molecule is O=C(c1cc2ncc(Br)cn2n1)N1CCc2cc(-c3ccncc3)ccc2C1. The fourth-order valence-electron chi connectivity index (χ4n) is 3.57. The van der Waals surface area contributed by atoms with E-state index in [2.05, 4.69) is 49.2 Å². The number of hydrogen-bond acceptors (Lipinski definition) is 4. The molecular weight excluding hydrogens is 418 g/mol. The molecule has 7 heteroatoms. The average Bonchev–Trinajstić information content (AvgIpc) is 3.16. The Morgan fingerprint density at radius 1 is 1.04 bits per heavy atom. The minimum Gasteiger partial charge on any atom is -0.333 e. The molecule has 4 aromatic rings. The van der Waals surface area contributed by atoms with E-state index in [1.165, 1.54) is 16.7 Å². The van der Waals surface area contributed by atoms with Crippen LogP contribution in [0.5, 0.6) is 0 Å². The Bertz CT molecular complexity index is 1190. The Balaban J connectivity index is 1.39.